The van der Waals surface area contributed by atoms with Gasteiger partial charge in [0.15, 0.2) is 0 Å². The monoisotopic (exact) mass is 431 g/mol. The molecule has 1 aliphatic heterocycles. The van der Waals surface area contributed by atoms with E-state index in [0.29, 0.717) is 18.8 Å². The Hall–Kier alpha value is -2.33. The number of para-hydroxylation sites is 1. The molecule has 1 fully saturated rings. The Balaban J connectivity index is 1.29. The van der Waals surface area contributed by atoms with Gasteiger partial charge in [-0.1, -0.05) is 12.1 Å². The van der Waals surface area contributed by atoms with Crippen molar-refractivity contribution in [3.63, 3.8) is 0 Å². The van der Waals surface area contributed by atoms with Crippen LogP contribution in [0.1, 0.15) is 17.8 Å². The summed E-state index contributed by atoms with van der Waals surface area (Å²) < 4.78 is 33.1. The SMILES string of the molecule is O=C(COCc1nc2ccccc2s1)Nc1ccc(S(=O)(=O)N2CCCC2)cc1. The van der Waals surface area contributed by atoms with Crippen LogP contribution >= 0.6 is 11.3 Å². The molecule has 2 aromatic carbocycles. The van der Waals surface area contributed by atoms with Gasteiger partial charge in [-0.25, -0.2) is 13.4 Å². The zero-order valence-electron chi connectivity index (χ0n) is 15.7. The van der Waals surface area contributed by atoms with Gasteiger partial charge in [-0.05, 0) is 49.2 Å². The molecule has 0 bridgehead atoms. The van der Waals surface area contributed by atoms with E-state index < -0.39 is 10.0 Å². The van der Waals surface area contributed by atoms with Crippen LogP contribution in [0.4, 0.5) is 5.69 Å². The lowest BCUT2D eigenvalue weighted by molar-refractivity contribution is -0.121. The maximum atomic E-state index is 12.5. The first kappa shape index (κ1) is 20.0. The van der Waals surface area contributed by atoms with E-state index in [-0.39, 0.29) is 24.0 Å². The smallest absolute Gasteiger partial charge is 0.250 e. The number of carbonyl (C=O) groups excluding carboxylic acids is 1. The fraction of sp³-hybridized carbons (Fsp3) is 0.300. The second kappa shape index (κ2) is 8.58. The minimum absolute atomic E-state index is 0.107. The molecular formula is C20H21N3O4S2. The molecule has 0 unspecified atom stereocenters. The summed E-state index contributed by atoms with van der Waals surface area (Å²) in [6.45, 7) is 1.28. The fourth-order valence-electron chi connectivity index (χ4n) is 3.20. The molecule has 4 rings (SSSR count). The molecule has 152 valence electrons. The number of sulfonamides is 1. The average molecular weight is 432 g/mol. The number of fused-ring (bicyclic) bond motifs is 1. The quantitative estimate of drug-likeness (QED) is 0.620. The van der Waals surface area contributed by atoms with E-state index in [0.717, 1.165) is 28.1 Å². The number of aromatic nitrogens is 1. The molecular weight excluding hydrogens is 410 g/mol. The number of hydrogen-bond acceptors (Lipinski definition) is 6. The Kier molecular flexibility index (Phi) is 5.91. The molecule has 7 nitrogen and oxygen atoms in total. The summed E-state index contributed by atoms with van der Waals surface area (Å²) in [7, 11) is -3.45. The lowest BCUT2D eigenvalue weighted by atomic mass is 10.3. The topological polar surface area (TPSA) is 88.6 Å². The van der Waals surface area contributed by atoms with E-state index in [1.807, 2.05) is 24.3 Å². The summed E-state index contributed by atoms with van der Waals surface area (Å²) in [4.78, 5) is 16.8. The first-order valence-electron chi connectivity index (χ1n) is 9.35. The van der Waals surface area contributed by atoms with Crippen LogP contribution in [0.3, 0.4) is 0 Å². The van der Waals surface area contributed by atoms with E-state index in [2.05, 4.69) is 10.3 Å². The number of thiazole rings is 1. The standard InChI is InChI=1S/C20H21N3O4S2/c24-19(13-27-14-20-22-17-5-1-2-6-18(17)28-20)21-15-7-9-16(10-8-15)29(25,26)23-11-3-4-12-23/h1-2,5-10H,3-4,11-14H2,(H,21,24). The van der Waals surface area contributed by atoms with Crippen LogP contribution in [0.5, 0.6) is 0 Å². The molecule has 0 atom stereocenters. The molecule has 3 aromatic rings. The van der Waals surface area contributed by atoms with Crippen molar-refractivity contribution in [1.29, 1.82) is 0 Å². The normalized spacial score (nSPS) is 15.0. The van der Waals surface area contributed by atoms with Crippen molar-refractivity contribution in [2.24, 2.45) is 0 Å². The van der Waals surface area contributed by atoms with E-state index in [9.17, 15) is 13.2 Å². The summed E-state index contributed by atoms with van der Waals surface area (Å²) >= 11 is 1.54. The molecule has 0 aliphatic carbocycles. The van der Waals surface area contributed by atoms with E-state index in [1.54, 1.807) is 12.1 Å². The second-order valence-electron chi connectivity index (χ2n) is 6.75. The molecule has 1 amide bonds. The average Bonchev–Trinajstić information content (AvgIpc) is 3.38. The number of nitrogens with one attached hydrogen (secondary N) is 1. The number of ether oxygens (including phenoxy) is 1. The van der Waals surface area contributed by atoms with Gasteiger partial charge in [0.05, 0.1) is 21.7 Å². The maximum absolute atomic E-state index is 12.5. The highest BCUT2D eigenvalue weighted by molar-refractivity contribution is 7.89. The van der Waals surface area contributed by atoms with Crippen molar-refractivity contribution in [1.82, 2.24) is 9.29 Å². The molecule has 1 saturated heterocycles. The van der Waals surface area contributed by atoms with Crippen LogP contribution in [0, 0.1) is 0 Å². The van der Waals surface area contributed by atoms with Gasteiger partial charge in [-0.2, -0.15) is 4.31 Å². The van der Waals surface area contributed by atoms with Crippen molar-refractivity contribution in [3.8, 4) is 0 Å². The fourth-order valence-corrected chi connectivity index (χ4v) is 5.62. The molecule has 0 radical (unpaired) electrons. The first-order valence-corrected chi connectivity index (χ1v) is 11.6. The Labute approximate surface area is 173 Å². The number of benzene rings is 2. The van der Waals surface area contributed by atoms with Crippen LogP contribution in [-0.2, 0) is 26.2 Å². The molecule has 1 N–H and O–H groups in total. The highest BCUT2D eigenvalue weighted by Crippen LogP contribution is 2.23. The van der Waals surface area contributed by atoms with Crippen molar-refractivity contribution < 1.29 is 17.9 Å². The van der Waals surface area contributed by atoms with Crippen LogP contribution in [0.2, 0.25) is 0 Å². The van der Waals surface area contributed by atoms with Gasteiger partial charge < -0.3 is 10.1 Å². The van der Waals surface area contributed by atoms with Gasteiger partial charge in [-0.3, -0.25) is 4.79 Å². The van der Waals surface area contributed by atoms with Gasteiger partial charge >= 0.3 is 0 Å². The molecule has 0 saturated carbocycles. The van der Waals surface area contributed by atoms with Crippen molar-refractivity contribution >= 4 is 43.2 Å². The number of carbonyl (C=O) groups is 1. The number of amides is 1. The van der Waals surface area contributed by atoms with Crippen LogP contribution in [0.25, 0.3) is 10.2 Å². The summed E-state index contributed by atoms with van der Waals surface area (Å²) in [5.74, 6) is -0.304. The van der Waals surface area contributed by atoms with Gasteiger partial charge in [0, 0.05) is 18.8 Å². The lowest BCUT2D eigenvalue weighted by Crippen LogP contribution is -2.27. The predicted octanol–water partition coefficient (Wildman–Crippen LogP) is 3.24. The molecule has 1 aliphatic rings. The summed E-state index contributed by atoms with van der Waals surface area (Å²) in [5.41, 5.74) is 1.45. The summed E-state index contributed by atoms with van der Waals surface area (Å²) in [5, 5.41) is 3.53. The highest BCUT2D eigenvalue weighted by atomic mass is 32.2. The molecule has 9 heteroatoms. The highest BCUT2D eigenvalue weighted by Gasteiger charge is 2.26. The number of nitrogens with zero attached hydrogens (tertiary/aromatic N) is 2. The molecule has 29 heavy (non-hydrogen) atoms. The molecule has 0 spiro atoms. The number of anilines is 1. The Bertz CT molecular complexity index is 1070. The Morgan fingerprint density at radius 2 is 1.83 bits per heavy atom. The van der Waals surface area contributed by atoms with Crippen molar-refractivity contribution in [3.05, 3.63) is 53.5 Å². The number of rotatable bonds is 7. The van der Waals surface area contributed by atoms with Gasteiger partial charge in [0.1, 0.15) is 11.6 Å². The summed E-state index contributed by atoms with van der Waals surface area (Å²) in [6, 6.07) is 14.0. The zero-order valence-corrected chi connectivity index (χ0v) is 17.3. The lowest BCUT2D eigenvalue weighted by Gasteiger charge is -2.15. The third-order valence-electron chi connectivity index (χ3n) is 4.64. The second-order valence-corrected chi connectivity index (χ2v) is 9.81. The third-order valence-corrected chi connectivity index (χ3v) is 7.56. The molecule has 1 aromatic heterocycles. The van der Waals surface area contributed by atoms with Crippen molar-refractivity contribution in [2.75, 3.05) is 25.0 Å². The maximum Gasteiger partial charge on any atom is 0.250 e. The first-order chi connectivity index (χ1) is 14.0. The Morgan fingerprint density at radius 3 is 2.55 bits per heavy atom. The van der Waals surface area contributed by atoms with E-state index in [4.69, 9.17) is 4.74 Å². The van der Waals surface area contributed by atoms with E-state index in [1.165, 1.54) is 27.8 Å². The minimum Gasteiger partial charge on any atom is -0.364 e. The van der Waals surface area contributed by atoms with Gasteiger partial charge in [0.25, 0.3) is 0 Å². The Morgan fingerprint density at radius 1 is 1.10 bits per heavy atom. The van der Waals surface area contributed by atoms with Crippen molar-refractivity contribution in [2.45, 2.75) is 24.3 Å². The van der Waals surface area contributed by atoms with Gasteiger partial charge in [0.2, 0.25) is 15.9 Å². The molecule has 2 heterocycles. The third kappa shape index (κ3) is 4.64. The van der Waals surface area contributed by atoms with Crippen LogP contribution in [0.15, 0.2) is 53.4 Å². The largest absolute Gasteiger partial charge is 0.364 e. The van der Waals surface area contributed by atoms with E-state index >= 15 is 0 Å². The summed E-state index contributed by atoms with van der Waals surface area (Å²) in [6.07, 6.45) is 1.79. The zero-order chi connectivity index (χ0) is 20.3. The predicted molar refractivity (Wildman–Crippen MR) is 112 cm³/mol. The number of hydrogen-bond donors (Lipinski definition) is 1. The van der Waals surface area contributed by atoms with Gasteiger partial charge in [-0.15, -0.1) is 11.3 Å². The van der Waals surface area contributed by atoms with Crippen LogP contribution < -0.4 is 5.32 Å². The minimum atomic E-state index is -3.45. The van der Waals surface area contributed by atoms with Crippen LogP contribution in [-0.4, -0.2) is 43.3 Å².